The molecule has 4 atom stereocenters. The summed E-state index contributed by atoms with van der Waals surface area (Å²) in [5.41, 5.74) is 1.68. The number of anilines is 1. The van der Waals surface area contributed by atoms with Crippen molar-refractivity contribution in [3.8, 4) is 0 Å². The molecule has 0 bridgehead atoms. The summed E-state index contributed by atoms with van der Waals surface area (Å²) < 4.78 is 19.9. The zero-order chi connectivity index (χ0) is 22.1. The number of carbonyl (C=O) groups is 1. The normalized spacial score (nSPS) is 29.1. The molecule has 4 heterocycles. The van der Waals surface area contributed by atoms with E-state index in [1.54, 1.807) is 6.20 Å². The largest absolute Gasteiger partial charge is 0.381 e. The first-order valence-electron chi connectivity index (χ1n) is 11.0. The molecule has 5 rings (SSSR count). The fraction of sp³-hybridized carbons (Fsp3) is 0.500. The third kappa shape index (κ3) is 4.45. The minimum Gasteiger partial charge on any atom is -0.381 e. The van der Waals surface area contributed by atoms with Gasteiger partial charge in [0.25, 0.3) is 0 Å². The summed E-state index contributed by atoms with van der Waals surface area (Å²) >= 11 is 6.13. The number of fused-ring (bicyclic) bond motifs is 1. The second-order valence-electron chi connectivity index (χ2n) is 8.62. The number of nitrogens with one attached hydrogen (secondary N) is 4. The number of dihydropyridines is 1. The first kappa shape index (κ1) is 21.2. The highest BCUT2D eigenvalue weighted by molar-refractivity contribution is 6.31. The molecule has 1 amide bonds. The van der Waals surface area contributed by atoms with Gasteiger partial charge in [0.05, 0.1) is 23.8 Å². The standard InChI is InChI=1S/C22H26ClFN6O2/c23-13-6-16-17(9-26-19(16)25-8-13)20-27-10-18(24)21(30-20)28-14-2-1-3-15(7-14)29-22(31)12-4-5-32-11-12/h6,8-10,12,14-15,19,25-26H,1-5,7,11H2,(H,29,31)(H,27,28,30)/t12?,14-,15+,19?/m0/s1. The maximum Gasteiger partial charge on any atom is 0.225 e. The number of carbonyl (C=O) groups excluding carboxylic acids is 1. The molecule has 4 N–H and O–H groups in total. The van der Waals surface area contributed by atoms with Gasteiger partial charge in [0.2, 0.25) is 5.91 Å². The van der Waals surface area contributed by atoms with Crippen LogP contribution in [0.2, 0.25) is 0 Å². The van der Waals surface area contributed by atoms with E-state index in [9.17, 15) is 9.18 Å². The molecule has 1 aliphatic carbocycles. The number of halogens is 2. The van der Waals surface area contributed by atoms with Crippen molar-refractivity contribution in [2.45, 2.75) is 50.4 Å². The quantitative estimate of drug-likeness (QED) is 0.535. The van der Waals surface area contributed by atoms with Gasteiger partial charge in [0.15, 0.2) is 17.5 Å². The molecular formula is C22H26ClFN6O2. The van der Waals surface area contributed by atoms with Crippen molar-refractivity contribution in [1.82, 2.24) is 25.9 Å². The third-order valence-electron chi connectivity index (χ3n) is 6.34. The summed E-state index contributed by atoms with van der Waals surface area (Å²) in [6.45, 7) is 1.14. The number of hydrogen-bond acceptors (Lipinski definition) is 7. The third-order valence-corrected chi connectivity index (χ3v) is 6.56. The lowest BCUT2D eigenvalue weighted by Crippen LogP contribution is -2.44. The van der Waals surface area contributed by atoms with E-state index in [1.165, 1.54) is 6.20 Å². The van der Waals surface area contributed by atoms with Gasteiger partial charge in [-0.15, -0.1) is 0 Å². The van der Waals surface area contributed by atoms with Crippen molar-refractivity contribution in [2.75, 3.05) is 18.5 Å². The van der Waals surface area contributed by atoms with Crippen LogP contribution in [0.3, 0.4) is 0 Å². The van der Waals surface area contributed by atoms with Gasteiger partial charge >= 0.3 is 0 Å². The van der Waals surface area contributed by atoms with E-state index in [-0.39, 0.29) is 35.9 Å². The first-order chi connectivity index (χ1) is 15.6. The lowest BCUT2D eigenvalue weighted by Gasteiger charge is -2.31. The molecule has 1 saturated heterocycles. The monoisotopic (exact) mass is 460 g/mol. The second kappa shape index (κ2) is 9.07. The molecular weight excluding hydrogens is 435 g/mol. The average molecular weight is 461 g/mol. The fourth-order valence-electron chi connectivity index (χ4n) is 4.64. The molecule has 3 aliphatic heterocycles. The SMILES string of the molecule is O=C(N[C@@H]1CCC[C@H](Nc2nc(C3=CNC4NC=C(Cl)C=C34)ncc2F)C1)C1CCOC1. The molecule has 0 aromatic carbocycles. The Morgan fingerprint density at radius 2 is 2.06 bits per heavy atom. The van der Waals surface area contributed by atoms with Gasteiger partial charge in [0, 0.05) is 42.2 Å². The van der Waals surface area contributed by atoms with E-state index in [4.69, 9.17) is 16.3 Å². The second-order valence-corrected chi connectivity index (χ2v) is 9.05. The number of aromatic nitrogens is 2. The average Bonchev–Trinajstić information content (AvgIpc) is 3.46. The molecule has 1 aromatic rings. The summed E-state index contributed by atoms with van der Waals surface area (Å²) in [6.07, 6.45) is 10.7. The molecule has 10 heteroatoms. The van der Waals surface area contributed by atoms with E-state index in [0.717, 1.165) is 43.3 Å². The Labute approximate surface area is 190 Å². The number of hydrogen-bond donors (Lipinski definition) is 4. The van der Waals surface area contributed by atoms with Crippen LogP contribution in [0.15, 0.2) is 35.3 Å². The van der Waals surface area contributed by atoms with Crippen molar-refractivity contribution in [3.63, 3.8) is 0 Å². The number of ether oxygens (including phenoxy) is 1. The molecule has 32 heavy (non-hydrogen) atoms. The summed E-state index contributed by atoms with van der Waals surface area (Å²) in [5, 5.41) is 13.3. The van der Waals surface area contributed by atoms with Gasteiger partial charge in [0.1, 0.15) is 6.17 Å². The van der Waals surface area contributed by atoms with Crippen LogP contribution in [0, 0.1) is 11.7 Å². The minimum absolute atomic E-state index is 0.0162. The lowest BCUT2D eigenvalue weighted by molar-refractivity contribution is -0.125. The van der Waals surface area contributed by atoms with Crippen LogP contribution in [0.25, 0.3) is 5.57 Å². The van der Waals surface area contributed by atoms with Crippen LogP contribution >= 0.6 is 11.6 Å². The van der Waals surface area contributed by atoms with Gasteiger partial charge < -0.3 is 26.0 Å². The molecule has 2 unspecified atom stereocenters. The molecule has 0 spiro atoms. The van der Waals surface area contributed by atoms with Crippen molar-refractivity contribution in [1.29, 1.82) is 0 Å². The van der Waals surface area contributed by atoms with Crippen LogP contribution < -0.4 is 21.3 Å². The van der Waals surface area contributed by atoms with Crippen molar-refractivity contribution in [2.24, 2.45) is 5.92 Å². The van der Waals surface area contributed by atoms with Crippen molar-refractivity contribution in [3.05, 3.63) is 46.9 Å². The molecule has 4 aliphatic rings. The Morgan fingerprint density at radius 1 is 1.22 bits per heavy atom. The zero-order valence-corrected chi connectivity index (χ0v) is 18.3. The van der Waals surface area contributed by atoms with Gasteiger partial charge in [-0.25, -0.2) is 14.4 Å². The highest BCUT2D eigenvalue weighted by Gasteiger charge is 2.30. The van der Waals surface area contributed by atoms with Crippen LogP contribution in [0.4, 0.5) is 10.2 Å². The fourth-order valence-corrected chi connectivity index (χ4v) is 4.83. The van der Waals surface area contributed by atoms with Crippen molar-refractivity contribution < 1.29 is 13.9 Å². The van der Waals surface area contributed by atoms with Gasteiger partial charge in [-0.2, -0.15) is 0 Å². The van der Waals surface area contributed by atoms with E-state index < -0.39 is 5.82 Å². The van der Waals surface area contributed by atoms with Gasteiger partial charge in [-0.05, 0) is 38.2 Å². The van der Waals surface area contributed by atoms with Crippen LogP contribution in [0.5, 0.6) is 0 Å². The lowest BCUT2D eigenvalue weighted by atomic mass is 9.90. The number of allylic oxidation sites excluding steroid dienone is 2. The van der Waals surface area contributed by atoms with Gasteiger partial charge in [-0.3, -0.25) is 4.79 Å². The summed E-state index contributed by atoms with van der Waals surface area (Å²) in [7, 11) is 0. The molecule has 1 aromatic heterocycles. The van der Waals surface area contributed by atoms with Gasteiger partial charge in [-0.1, -0.05) is 11.6 Å². The maximum absolute atomic E-state index is 14.6. The van der Waals surface area contributed by atoms with Crippen LogP contribution in [-0.4, -0.2) is 47.3 Å². The molecule has 1 saturated carbocycles. The van der Waals surface area contributed by atoms with Crippen LogP contribution in [0.1, 0.15) is 37.9 Å². The van der Waals surface area contributed by atoms with E-state index in [1.807, 2.05) is 12.3 Å². The Hall–Kier alpha value is -2.65. The Bertz CT molecular complexity index is 991. The topological polar surface area (TPSA) is 100 Å². The smallest absolute Gasteiger partial charge is 0.225 e. The Kier molecular flexibility index (Phi) is 6.01. The predicted molar refractivity (Wildman–Crippen MR) is 119 cm³/mol. The minimum atomic E-state index is -0.500. The number of amides is 1. The van der Waals surface area contributed by atoms with Crippen molar-refractivity contribution >= 4 is 28.9 Å². The molecule has 8 nitrogen and oxygen atoms in total. The molecule has 0 radical (unpaired) electrons. The number of rotatable bonds is 5. The molecule has 2 fully saturated rings. The first-order valence-corrected chi connectivity index (χ1v) is 11.4. The summed E-state index contributed by atoms with van der Waals surface area (Å²) in [4.78, 5) is 21.1. The van der Waals surface area contributed by atoms with E-state index >= 15 is 0 Å². The predicted octanol–water partition coefficient (Wildman–Crippen LogP) is 2.37. The van der Waals surface area contributed by atoms with E-state index in [2.05, 4.69) is 31.2 Å². The van der Waals surface area contributed by atoms with E-state index in [0.29, 0.717) is 24.1 Å². The Balaban J connectivity index is 1.26. The zero-order valence-electron chi connectivity index (χ0n) is 17.5. The highest BCUT2D eigenvalue weighted by Crippen LogP contribution is 2.32. The molecule has 170 valence electrons. The summed E-state index contributed by atoms with van der Waals surface area (Å²) in [5.74, 6) is 0.0896. The highest BCUT2D eigenvalue weighted by atomic mass is 35.5. The Morgan fingerprint density at radius 3 is 2.91 bits per heavy atom. The summed E-state index contributed by atoms with van der Waals surface area (Å²) in [6, 6.07) is 0.0797. The number of nitrogens with zero attached hydrogens (tertiary/aromatic N) is 2. The van der Waals surface area contributed by atoms with Crippen LogP contribution in [-0.2, 0) is 9.53 Å². The maximum atomic E-state index is 14.6.